The van der Waals surface area contributed by atoms with Crippen molar-refractivity contribution in [3.8, 4) is 0 Å². The van der Waals surface area contributed by atoms with Crippen LogP contribution in [-0.2, 0) is 0 Å². The molecule has 1 aromatic heterocycles. The second-order valence-corrected chi connectivity index (χ2v) is 6.75. The highest BCUT2D eigenvalue weighted by molar-refractivity contribution is 8.01. The van der Waals surface area contributed by atoms with Crippen LogP contribution >= 0.6 is 23.1 Å². The van der Waals surface area contributed by atoms with Gasteiger partial charge in [-0.2, -0.15) is 0 Å². The first kappa shape index (κ1) is 12.3. The molecule has 1 saturated carbocycles. The Bertz CT molecular complexity index is 308. The lowest BCUT2D eigenvalue weighted by Gasteiger charge is -2.10. The molecule has 16 heavy (non-hydrogen) atoms. The van der Waals surface area contributed by atoms with Gasteiger partial charge < -0.3 is 5.32 Å². The van der Waals surface area contributed by atoms with E-state index in [9.17, 15) is 0 Å². The first-order valence-corrected chi connectivity index (χ1v) is 7.81. The fourth-order valence-electron chi connectivity index (χ4n) is 2.00. The van der Waals surface area contributed by atoms with Crippen LogP contribution < -0.4 is 5.32 Å². The van der Waals surface area contributed by atoms with Crippen molar-refractivity contribution in [1.29, 1.82) is 0 Å². The van der Waals surface area contributed by atoms with E-state index in [1.807, 2.05) is 18.7 Å². The van der Waals surface area contributed by atoms with Crippen LogP contribution in [0, 0.1) is 6.92 Å². The van der Waals surface area contributed by atoms with Crippen molar-refractivity contribution >= 4 is 23.1 Å². The maximum atomic E-state index is 4.10. The number of nitrogens with one attached hydrogen (secondary N) is 1. The summed E-state index contributed by atoms with van der Waals surface area (Å²) in [5.41, 5.74) is 0. The minimum absolute atomic E-state index is 0.800. The summed E-state index contributed by atoms with van der Waals surface area (Å²) >= 11 is 3.52. The Morgan fingerprint density at radius 2 is 2.19 bits per heavy atom. The summed E-state index contributed by atoms with van der Waals surface area (Å²) in [5.74, 6) is 1.15. The number of aryl methyl sites for hydroxylation is 1. The van der Waals surface area contributed by atoms with Crippen LogP contribution in [0.5, 0.6) is 0 Å². The Morgan fingerprint density at radius 3 is 2.88 bits per heavy atom. The van der Waals surface area contributed by atoms with Crippen LogP contribution in [0.15, 0.2) is 4.34 Å². The number of thioether (sulfide) groups is 1. The van der Waals surface area contributed by atoms with Crippen molar-refractivity contribution < 1.29 is 0 Å². The minimum Gasteiger partial charge on any atom is -0.314 e. The van der Waals surface area contributed by atoms with E-state index in [2.05, 4.69) is 15.5 Å². The zero-order valence-corrected chi connectivity index (χ0v) is 11.4. The lowest BCUT2D eigenvalue weighted by molar-refractivity contribution is 0.525. The lowest BCUT2D eigenvalue weighted by atomic mass is 10.2. The van der Waals surface area contributed by atoms with E-state index in [0.717, 1.165) is 27.7 Å². The van der Waals surface area contributed by atoms with Gasteiger partial charge in [0.25, 0.3) is 0 Å². The zero-order chi connectivity index (χ0) is 11.2. The summed E-state index contributed by atoms with van der Waals surface area (Å²) < 4.78 is 1.11. The molecule has 3 nitrogen and oxygen atoms in total. The fraction of sp³-hybridized carbons (Fsp3) is 0.818. The number of nitrogens with zero attached hydrogens (tertiary/aromatic N) is 2. The van der Waals surface area contributed by atoms with Gasteiger partial charge in [0.2, 0.25) is 0 Å². The molecule has 2 rings (SSSR count). The van der Waals surface area contributed by atoms with E-state index in [1.165, 1.54) is 32.1 Å². The van der Waals surface area contributed by atoms with E-state index >= 15 is 0 Å². The maximum absolute atomic E-state index is 4.10. The van der Waals surface area contributed by atoms with E-state index in [4.69, 9.17) is 0 Å². The standard InChI is InChI=1S/C11H19N3S2/c1-9-13-14-11(16-9)15-8-4-7-12-10-5-2-3-6-10/h10,12H,2-8H2,1H3. The smallest absolute Gasteiger partial charge is 0.174 e. The molecule has 1 aliphatic carbocycles. The summed E-state index contributed by atoms with van der Waals surface area (Å²) in [7, 11) is 0. The number of hydrogen-bond donors (Lipinski definition) is 1. The number of hydrogen-bond acceptors (Lipinski definition) is 5. The van der Waals surface area contributed by atoms with Gasteiger partial charge in [0, 0.05) is 11.8 Å². The molecule has 0 unspecified atom stereocenters. The van der Waals surface area contributed by atoms with Crippen LogP contribution in [0.4, 0.5) is 0 Å². The molecule has 1 fully saturated rings. The van der Waals surface area contributed by atoms with Gasteiger partial charge in [-0.1, -0.05) is 35.9 Å². The van der Waals surface area contributed by atoms with Crippen LogP contribution in [0.3, 0.4) is 0 Å². The molecular formula is C11H19N3S2. The highest BCUT2D eigenvalue weighted by atomic mass is 32.2. The molecule has 0 bridgehead atoms. The second kappa shape index (κ2) is 6.57. The van der Waals surface area contributed by atoms with Gasteiger partial charge in [-0.25, -0.2) is 0 Å². The van der Waals surface area contributed by atoms with Gasteiger partial charge in [0.05, 0.1) is 0 Å². The van der Waals surface area contributed by atoms with E-state index in [0.29, 0.717) is 0 Å². The van der Waals surface area contributed by atoms with E-state index in [-0.39, 0.29) is 0 Å². The van der Waals surface area contributed by atoms with Crippen LogP contribution in [0.1, 0.15) is 37.1 Å². The third-order valence-electron chi connectivity index (χ3n) is 2.84. The molecule has 1 heterocycles. The van der Waals surface area contributed by atoms with Gasteiger partial charge in [0.15, 0.2) is 4.34 Å². The number of rotatable bonds is 6. The van der Waals surface area contributed by atoms with Crippen LogP contribution in [0.2, 0.25) is 0 Å². The molecule has 1 aromatic rings. The largest absolute Gasteiger partial charge is 0.314 e. The molecule has 0 radical (unpaired) electrons. The molecular weight excluding hydrogens is 238 g/mol. The summed E-state index contributed by atoms with van der Waals surface area (Å²) in [5, 5.41) is 12.8. The third kappa shape index (κ3) is 4.03. The molecule has 5 heteroatoms. The lowest BCUT2D eigenvalue weighted by Crippen LogP contribution is -2.27. The van der Waals surface area contributed by atoms with Crippen molar-refractivity contribution in [2.24, 2.45) is 0 Å². The Labute approximate surface area is 105 Å². The van der Waals surface area contributed by atoms with Gasteiger partial charge in [-0.15, -0.1) is 10.2 Å². The van der Waals surface area contributed by atoms with E-state index < -0.39 is 0 Å². The van der Waals surface area contributed by atoms with Crippen molar-refractivity contribution in [2.75, 3.05) is 12.3 Å². The Kier molecular flexibility index (Phi) is 5.06. The van der Waals surface area contributed by atoms with Crippen LogP contribution in [0.25, 0.3) is 0 Å². The molecule has 90 valence electrons. The average Bonchev–Trinajstić information content (AvgIpc) is 2.89. The summed E-state index contributed by atoms with van der Waals surface area (Å²) in [6, 6.07) is 0.800. The molecule has 0 atom stereocenters. The van der Waals surface area contributed by atoms with Gasteiger partial charge in [-0.05, 0) is 32.7 Å². The van der Waals surface area contributed by atoms with Crippen molar-refractivity contribution in [1.82, 2.24) is 15.5 Å². The normalized spacial score (nSPS) is 17.1. The molecule has 0 saturated heterocycles. The third-order valence-corrected chi connectivity index (χ3v) is 4.90. The summed E-state index contributed by atoms with van der Waals surface area (Å²) in [6.07, 6.45) is 6.80. The predicted octanol–water partition coefficient (Wildman–Crippen LogP) is 2.86. The van der Waals surface area contributed by atoms with Gasteiger partial charge in [0.1, 0.15) is 5.01 Å². The van der Waals surface area contributed by atoms with Crippen LogP contribution in [-0.4, -0.2) is 28.5 Å². The van der Waals surface area contributed by atoms with E-state index in [1.54, 1.807) is 11.3 Å². The van der Waals surface area contributed by atoms with Crippen molar-refractivity contribution in [3.63, 3.8) is 0 Å². The zero-order valence-electron chi connectivity index (χ0n) is 9.74. The molecule has 0 amide bonds. The van der Waals surface area contributed by atoms with Crippen molar-refractivity contribution in [2.45, 2.75) is 49.4 Å². The Hall–Kier alpha value is -0.130. The molecule has 1 N–H and O–H groups in total. The average molecular weight is 257 g/mol. The predicted molar refractivity (Wildman–Crippen MR) is 70.2 cm³/mol. The number of aromatic nitrogens is 2. The maximum Gasteiger partial charge on any atom is 0.174 e. The highest BCUT2D eigenvalue weighted by Crippen LogP contribution is 2.22. The molecule has 0 spiro atoms. The Balaban J connectivity index is 1.51. The van der Waals surface area contributed by atoms with Gasteiger partial charge in [-0.3, -0.25) is 0 Å². The first-order valence-electron chi connectivity index (χ1n) is 6.01. The monoisotopic (exact) mass is 257 g/mol. The van der Waals surface area contributed by atoms with Crippen molar-refractivity contribution in [3.05, 3.63) is 5.01 Å². The second-order valence-electron chi connectivity index (χ2n) is 4.22. The topological polar surface area (TPSA) is 37.8 Å². The molecule has 0 aromatic carbocycles. The highest BCUT2D eigenvalue weighted by Gasteiger charge is 2.13. The van der Waals surface area contributed by atoms with Gasteiger partial charge >= 0.3 is 0 Å². The molecule has 1 aliphatic rings. The SMILES string of the molecule is Cc1nnc(SCCCNC2CCCC2)s1. The summed E-state index contributed by atoms with van der Waals surface area (Å²) in [4.78, 5) is 0. The Morgan fingerprint density at radius 1 is 1.38 bits per heavy atom. The quantitative estimate of drug-likeness (QED) is 0.628. The summed E-state index contributed by atoms with van der Waals surface area (Å²) in [6.45, 7) is 3.15. The molecule has 0 aliphatic heterocycles. The minimum atomic E-state index is 0.800. The fourth-order valence-corrected chi connectivity index (χ4v) is 3.83. The first-order chi connectivity index (χ1) is 7.84.